The second-order valence-electron chi connectivity index (χ2n) is 6.64. The molecule has 0 atom stereocenters. The van der Waals surface area contributed by atoms with E-state index in [0.29, 0.717) is 11.9 Å². The van der Waals surface area contributed by atoms with Crippen LogP contribution in [0.4, 0.5) is 11.6 Å². The summed E-state index contributed by atoms with van der Waals surface area (Å²) in [6.45, 7) is 8.33. The van der Waals surface area contributed by atoms with Crippen molar-refractivity contribution in [3.63, 3.8) is 0 Å². The number of hydrogen-bond acceptors (Lipinski definition) is 4. The van der Waals surface area contributed by atoms with Crippen molar-refractivity contribution < 1.29 is 0 Å². The van der Waals surface area contributed by atoms with Crippen LogP contribution in [-0.4, -0.2) is 16.0 Å². The van der Waals surface area contributed by atoms with Crippen LogP contribution < -0.4 is 11.1 Å². The van der Waals surface area contributed by atoms with Gasteiger partial charge in [-0.15, -0.1) is 0 Å². The number of nitrogens with zero attached hydrogens (tertiary/aromatic N) is 2. The van der Waals surface area contributed by atoms with Crippen LogP contribution in [0.25, 0.3) is 0 Å². The Morgan fingerprint density at radius 2 is 1.74 bits per heavy atom. The van der Waals surface area contributed by atoms with E-state index < -0.39 is 0 Å². The molecule has 3 N–H and O–H groups in total. The predicted molar refractivity (Wildman–Crippen MR) is 80.4 cm³/mol. The minimum atomic E-state index is -0.0786. The third-order valence-electron chi connectivity index (χ3n) is 3.80. The van der Waals surface area contributed by atoms with Crippen molar-refractivity contribution in [2.75, 3.05) is 11.1 Å². The fraction of sp³-hybridized carbons (Fsp3) is 0.733. The highest BCUT2D eigenvalue weighted by atomic mass is 15.1. The minimum absolute atomic E-state index is 0.0786. The van der Waals surface area contributed by atoms with Gasteiger partial charge in [-0.1, -0.05) is 40.0 Å². The van der Waals surface area contributed by atoms with Crippen LogP contribution in [0.1, 0.15) is 64.3 Å². The fourth-order valence-electron chi connectivity index (χ4n) is 2.45. The van der Waals surface area contributed by atoms with Gasteiger partial charge in [-0.2, -0.15) is 0 Å². The smallest absolute Gasteiger partial charge is 0.138 e. The lowest BCUT2D eigenvalue weighted by Gasteiger charge is -2.26. The third kappa shape index (κ3) is 3.37. The standard InChI is InChI=1S/C15H26N4/c1-10-12(16)18-14(15(2,3)4)19-13(10)17-11-8-6-5-7-9-11/h11H,5-9H2,1-4H3,(H3,16,17,18,19). The maximum Gasteiger partial charge on any atom is 0.138 e. The number of nitrogens with two attached hydrogens (primary N) is 1. The molecule has 4 nitrogen and oxygen atoms in total. The Bertz CT molecular complexity index is 442. The SMILES string of the molecule is Cc1c(N)nc(C(C)(C)C)nc1NC1CCCCC1. The van der Waals surface area contributed by atoms with Crippen molar-refractivity contribution in [1.29, 1.82) is 0 Å². The van der Waals surface area contributed by atoms with Crippen LogP contribution in [0.15, 0.2) is 0 Å². The Balaban J connectivity index is 2.25. The van der Waals surface area contributed by atoms with E-state index in [1.54, 1.807) is 0 Å². The molecular formula is C15H26N4. The van der Waals surface area contributed by atoms with Gasteiger partial charge in [0.2, 0.25) is 0 Å². The number of nitrogen functional groups attached to an aromatic ring is 1. The van der Waals surface area contributed by atoms with Gasteiger partial charge in [-0.3, -0.25) is 0 Å². The fourth-order valence-corrected chi connectivity index (χ4v) is 2.45. The summed E-state index contributed by atoms with van der Waals surface area (Å²) in [7, 11) is 0. The highest BCUT2D eigenvalue weighted by Crippen LogP contribution is 2.27. The Labute approximate surface area is 116 Å². The average molecular weight is 262 g/mol. The van der Waals surface area contributed by atoms with Crippen LogP contribution in [0, 0.1) is 6.92 Å². The first kappa shape index (κ1) is 14.1. The summed E-state index contributed by atoms with van der Waals surface area (Å²) in [5.74, 6) is 2.33. The van der Waals surface area contributed by atoms with Gasteiger partial charge in [0.15, 0.2) is 0 Å². The molecular weight excluding hydrogens is 236 g/mol. The van der Waals surface area contributed by atoms with E-state index in [4.69, 9.17) is 10.7 Å². The molecule has 0 bridgehead atoms. The number of nitrogens with one attached hydrogen (secondary N) is 1. The molecule has 0 amide bonds. The molecule has 4 heteroatoms. The van der Waals surface area contributed by atoms with E-state index in [0.717, 1.165) is 17.2 Å². The van der Waals surface area contributed by atoms with Crippen LogP contribution in [0.5, 0.6) is 0 Å². The largest absolute Gasteiger partial charge is 0.383 e. The third-order valence-corrected chi connectivity index (χ3v) is 3.80. The molecule has 19 heavy (non-hydrogen) atoms. The topological polar surface area (TPSA) is 63.8 Å². The van der Waals surface area contributed by atoms with Crippen molar-refractivity contribution in [2.45, 2.75) is 71.3 Å². The summed E-state index contributed by atoms with van der Waals surface area (Å²) in [4.78, 5) is 9.12. The van der Waals surface area contributed by atoms with Crippen LogP contribution in [0.3, 0.4) is 0 Å². The normalized spacial score (nSPS) is 17.5. The van der Waals surface area contributed by atoms with Crippen LogP contribution in [-0.2, 0) is 5.41 Å². The number of rotatable bonds is 2. The predicted octanol–water partition coefficient (Wildman–Crippen LogP) is 3.41. The van der Waals surface area contributed by atoms with Crippen LogP contribution in [0.2, 0.25) is 0 Å². The van der Waals surface area contributed by atoms with E-state index in [2.05, 4.69) is 31.1 Å². The molecule has 106 valence electrons. The molecule has 0 saturated heterocycles. The molecule has 1 aliphatic carbocycles. The van der Waals surface area contributed by atoms with E-state index in [-0.39, 0.29) is 5.41 Å². The van der Waals surface area contributed by atoms with Crippen molar-refractivity contribution in [3.8, 4) is 0 Å². The second kappa shape index (κ2) is 5.35. The maximum atomic E-state index is 6.03. The van der Waals surface area contributed by atoms with E-state index >= 15 is 0 Å². The zero-order valence-corrected chi connectivity index (χ0v) is 12.6. The zero-order valence-electron chi connectivity index (χ0n) is 12.6. The van der Waals surface area contributed by atoms with Gasteiger partial charge in [-0.05, 0) is 19.8 Å². The van der Waals surface area contributed by atoms with Gasteiger partial charge in [-0.25, -0.2) is 9.97 Å². The molecule has 2 rings (SSSR count). The Kier molecular flexibility index (Phi) is 3.97. The Hall–Kier alpha value is -1.32. The highest BCUT2D eigenvalue weighted by Gasteiger charge is 2.22. The molecule has 1 aliphatic rings. The van der Waals surface area contributed by atoms with Crippen LogP contribution >= 0.6 is 0 Å². The lowest BCUT2D eigenvalue weighted by atomic mass is 9.94. The van der Waals surface area contributed by atoms with Gasteiger partial charge in [0.1, 0.15) is 17.5 Å². The molecule has 1 aromatic heterocycles. The summed E-state index contributed by atoms with van der Waals surface area (Å²) < 4.78 is 0. The Morgan fingerprint density at radius 3 is 2.32 bits per heavy atom. The van der Waals surface area contributed by atoms with Gasteiger partial charge in [0.25, 0.3) is 0 Å². The number of hydrogen-bond donors (Lipinski definition) is 2. The summed E-state index contributed by atoms with van der Waals surface area (Å²) in [6, 6.07) is 0.537. The molecule has 0 aliphatic heterocycles. The molecule has 1 saturated carbocycles. The van der Waals surface area contributed by atoms with E-state index in [9.17, 15) is 0 Å². The molecule has 1 aromatic rings. The lowest BCUT2D eigenvalue weighted by Crippen LogP contribution is -2.25. The molecule has 0 radical (unpaired) electrons. The monoisotopic (exact) mass is 262 g/mol. The number of aromatic nitrogens is 2. The number of anilines is 2. The summed E-state index contributed by atoms with van der Waals surface area (Å²) in [6.07, 6.45) is 6.44. The van der Waals surface area contributed by atoms with Crippen molar-refractivity contribution in [3.05, 3.63) is 11.4 Å². The summed E-state index contributed by atoms with van der Waals surface area (Å²) in [5.41, 5.74) is 6.92. The molecule has 0 spiro atoms. The maximum absolute atomic E-state index is 6.03. The van der Waals surface area contributed by atoms with Crippen molar-refractivity contribution in [1.82, 2.24) is 9.97 Å². The van der Waals surface area contributed by atoms with Gasteiger partial charge < -0.3 is 11.1 Å². The van der Waals surface area contributed by atoms with Gasteiger partial charge in [0.05, 0.1) is 0 Å². The first-order chi connectivity index (χ1) is 8.88. The second-order valence-corrected chi connectivity index (χ2v) is 6.64. The highest BCUT2D eigenvalue weighted by molar-refractivity contribution is 5.55. The lowest BCUT2D eigenvalue weighted by molar-refractivity contribution is 0.460. The molecule has 1 fully saturated rings. The molecule has 1 heterocycles. The van der Waals surface area contributed by atoms with Crippen molar-refractivity contribution in [2.24, 2.45) is 0 Å². The molecule has 0 aromatic carbocycles. The van der Waals surface area contributed by atoms with Gasteiger partial charge in [0, 0.05) is 17.0 Å². The average Bonchev–Trinajstić information content (AvgIpc) is 2.34. The van der Waals surface area contributed by atoms with Gasteiger partial charge >= 0.3 is 0 Å². The quantitative estimate of drug-likeness (QED) is 0.857. The van der Waals surface area contributed by atoms with Crippen molar-refractivity contribution >= 4 is 11.6 Å². The summed E-state index contributed by atoms with van der Waals surface area (Å²) >= 11 is 0. The Morgan fingerprint density at radius 1 is 1.11 bits per heavy atom. The minimum Gasteiger partial charge on any atom is -0.383 e. The first-order valence-electron chi connectivity index (χ1n) is 7.29. The molecule has 0 unspecified atom stereocenters. The summed E-state index contributed by atoms with van der Waals surface area (Å²) in [5, 5.41) is 3.57. The first-order valence-corrected chi connectivity index (χ1v) is 7.29. The zero-order chi connectivity index (χ0) is 14.0. The van der Waals surface area contributed by atoms with E-state index in [1.165, 1.54) is 32.1 Å². The van der Waals surface area contributed by atoms with E-state index in [1.807, 2.05) is 6.92 Å².